The summed E-state index contributed by atoms with van der Waals surface area (Å²) < 4.78 is 93.6. The minimum Gasteiger partial charge on any atom is -0.431 e. The number of rotatable bonds is 18. The Hall–Kier alpha value is 0.624. The van der Waals surface area contributed by atoms with Gasteiger partial charge >= 0.3 is 29.5 Å². The van der Waals surface area contributed by atoms with E-state index in [-0.39, 0.29) is 62.1 Å². The van der Waals surface area contributed by atoms with Crippen LogP contribution in [0.25, 0.3) is 0 Å². The summed E-state index contributed by atoms with van der Waals surface area (Å²) in [6, 6.07) is 44.3. The van der Waals surface area contributed by atoms with E-state index in [1.54, 1.807) is 0 Å². The molecule has 0 unspecified atom stereocenters. The van der Waals surface area contributed by atoms with Crippen molar-refractivity contribution in [3.05, 3.63) is 121 Å². The van der Waals surface area contributed by atoms with Crippen molar-refractivity contribution in [2.45, 2.75) is 24.9 Å². The van der Waals surface area contributed by atoms with Crippen LogP contribution in [0.1, 0.15) is 12.8 Å². The minimum absolute atomic E-state index is 0.0437. The fourth-order valence-electron chi connectivity index (χ4n) is 8.37. The molecular formula is C45H71Cl2I2N6O13P6SSi2-. The Morgan fingerprint density at radius 2 is 0.870 bits per heavy atom. The highest BCUT2D eigenvalue weighted by Crippen LogP contribution is 2.63. The summed E-state index contributed by atoms with van der Waals surface area (Å²) >= 11 is 15.0. The van der Waals surface area contributed by atoms with E-state index in [2.05, 4.69) is 169 Å². The van der Waals surface area contributed by atoms with Gasteiger partial charge in [0, 0.05) is 92.4 Å². The lowest BCUT2D eigenvalue weighted by Gasteiger charge is -2.41. The van der Waals surface area contributed by atoms with Gasteiger partial charge in [0.05, 0.1) is 65.0 Å². The molecule has 77 heavy (non-hydrogen) atoms. The Labute approximate surface area is 495 Å². The number of hydrogen-bond acceptors (Lipinski definition) is 18. The number of halogens is 4. The van der Waals surface area contributed by atoms with Crippen molar-refractivity contribution in [2.75, 3.05) is 98.4 Å². The summed E-state index contributed by atoms with van der Waals surface area (Å²) in [7, 11) is -7.81. The molecule has 4 aromatic carbocycles. The molecule has 432 valence electrons. The van der Waals surface area contributed by atoms with Crippen LogP contribution in [0.15, 0.2) is 121 Å². The van der Waals surface area contributed by atoms with Gasteiger partial charge in [0.15, 0.2) is 16.5 Å². The van der Waals surface area contributed by atoms with Crippen molar-refractivity contribution < 1.29 is 59.3 Å². The van der Waals surface area contributed by atoms with E-state index in [0.29, 0.717) is 34.1 Å². The molecule has 4 heterocycles. The third-order valence-electron chi connectivity index (χ3n) is 12.2. The van der Waals surface area contributed by atoms with E-state index < -0.39 is 56.8 Å². The number of benzene rings is 4. The lowest BCUT2D eigenvalue weighted by molar-refractivity contribution is -0.0802. The Kier molecular flexibility index (Phi) is 30.7. The average molecular weight is 1500 g/mol. The summed E-state index contributed by atoms with van der Waals surface area (Å²) in [5.41, 5.74) is 16.0. The summed E-state index contributed by atoms with van der Waals surface area (Å²) in [5, 5.41) is 8.29. The van der Waals surface area contributed by atoms with Gasteiger partial charge in [-0.05, 0) is 52.2 Å². The highest BCUT2D eigenvalue weighted by molar-refractivity contribution is 15.0. The third-order valence-corrected chi connectivity index (χ3v) is 26.8. The molecule has 4 fully saturated rings. The number of nitrogens with one attached hydrogen (secondary N) is 3. The van der Waals surface area contributed by atoms with Gasteiger partial charge in [-0.2, -0.15) is 0 Å². The van der Waals surface area contributed by atoms with Crippen LogP contribution >= 0.6 is 105 Å². The lowest BCUT2D eigenvalue weighted by Crippen LogP contribution is -2.69. The van der Waals surface area contributed by atoms with Crippen LogP contribution in [0, 0.1) is 10.8 Å². The molecule has 0 aromatic heterocycles. The van der Waals surface area contributed by atoms with Gasteiger partial charge in [-0.3, -0.25) is 52.2 Å². The van der Waals surface area contributed by atoms with Gasteiger partial charge in [-0.1, -0.05) is 121 Å². The summed E-state index contributed by atoms with van der Waals surface area (Å²) in [6.07, 6.45) is 3.72. The fraction of sp³-hybridized carbons (Fsp3) is 0.467. The highest BCUT2D eigenvalue weighted by atomic mass is 128. The molecule has 0 atom stereocenters. The maximum absolute atomic E-state index is 13.1. The van der Waals surface area contributed by atoms with Crippen molar-refractivity contribution in [2.24, 2.45) is 28.0 Å². The predicted molar refractivity (Wildman–Crippen MR) is 341 cm³/mol. The van der Waals surface area contributed by atoms with Gasteiger partial charge in [-0.25, -0.2) is 23.3 Å². The van der Waals surface area contributed by atoms with E-state index in [1.807, 2.05) is 18.4 Å². The van der Waals surface area contributed by atoms with E-state index in [1.165, 1.54) is 20.7 Å². The fourth-order valence-corrected chi connectivity index (χ4v) is 22.0. The first-order valence-corrected chi connectivity index (χ1v) is 46.7. The zero-order valence-corrected chi connectivity index (χ0v) is 56.6. The first-order chi connectivity index (χ1) is 37.2. The molecule has 32 heteroatoms. The molecule has 19 nitrogen and oxygen atoms in total. The summed E-state index contributed by atoms with van der Waals surface area (Å²) in [6.45, 7) is -2.83. The molecule has 4 saturated heterocycles. The average Bonchev–Trinajstić information content (AvgIpc) is 3.49. The van der Waals surface area contributed by atoms with Crippen LogP contribution in [0.4, 0.5) is 0 Å². The molecule has 4 aliphatic heterocycles. The molecular weight excluding hydrogens is 1430 g/mol. The minimum atomic E-state index is -4.01. The monoisotopic (exact) mass is 1500 g/mol. The van der Waals surface area contributed by atoms with Gasteiger partial charge in [0.1, 0.15) is 0 Å². The lowest BCUT2D eigenvalue weighted by atomic mass is 9.93. The molecule has 0 bridgehead atoms. The Morgan fingerprint density at radius 1 is 0.571 bits per heavy atom. The van der Waals surface area contributed by atoms with Crippen LogP contribution in [0.3, 0.4) is 0 Å². The molecule has 0 aliphatic carbocycles. The van der Waals surface area contributed by atoms with E-state index in [9.17, 15) is 23.2 Å². The maximum atomic E-state index is 13.1. The summed E-state index contributed by atoms with van der Waals surface area (Å²) in [4.78, 5) is 17.0. The molecule has 8 rings (SSSR count). The zero-order valence-electron chi connectivity index (χ0n) is 43.5. The van der Waals surface area contributed by atoms with Crippen LogP contribution in [-0.4, -0.2) is 121 Å². The van der Waals surface area contributed by atoms with Crippen LogP contribution < -0.4 is 53.0 Å². The second kappa shape index (κ2) is 34.5. The van der Waals surface area contributed by atoms with Crippen molar-refractivity contribution in [1.82, 2.24) is 15.1 Å². The van der Waals surface area contributed by atoms with Gasteiger partial charge < -0.3 is 41.3 Å². The first-order valence-electron chi connectivity index (χ1n) is 24.6. The van der Waals surface area contributed by atoms with Gasteiger partial charge in [0.25, 0.3) is 0 Å². The molecule has 0 amide bonds. The molecule has 0 radical (unpaired) electrons. The molecule has 2 spiro atoms. The van der Waals surface area contributed by atoms with E-state index in [4.69, 9.17) is 77.2 Å². The highest BCUT2D eigenvalue weighted by Gasteiger charge is 2.50. The maximum Gasteiger partial charge on any atom is 0.472 e. The third kappa shape index (κ3) is 22.9. The zero-order chi connectivity index (χ0) is 57.2. The number of nitrogens with two attached hydrogens (primary N) is 3. The van der Waals surface area contributed by atoms with Crippen LogP contribution in [-0.2, 0) is 63.7 Å². The van der Waals surface area contributed by atoms with Crippen molar-refractivity contribution in [3.63, 3.8) is 0 Å². The second-order valence-electron chi connectivity index (χ2n) is 18.1. The largest absolute Gasteiger partial charge is 0.472 e. The normalized spacial score (nSPS) is 27.7. The Morgan fingerprint density at radius 3 is 1.17 bits per heavy atom. The standard InChI is InChI=1S/C22H33N3O7P2Si.C17H25N3Si.C5H8Cl2O6P2.CH5P2S.I2/c23-12-14-25-35(20-8-3-1-4-9-20,21-10-5-2-6-11-21)15-7-13-24-33(26)29-16-22(17-30-33)18-31-34(27,28)32-19-22;18-12-7-15-21(20-14-13-19,16-8-3-1-4-9-16)17-10-5-2-6-11-17;6-14(8)10-1-5(2-11-14)3-12-15(7,9)13-4-5;1-4(2)3;1-2/h1-6,8-11,25H,7,12-19,23H2,(H,24,26)(H,27,28);1-6,8-11,20H,7,12-15,18-19H2;1-4H2;2-3H,1H3;/q;;;-1;/i;;;2D;. The van der Waals surface area contributed by atoms with E-state index in [0.717, 1.165) is 38.0 Å². The van der Waals surface area contributed by atoms with Crippen molar-refractivity contribution >= 4 is 152 Å². The van der Waals surface area contributed by atoms with Crippen molar-refractivity contribution in [1.29, 1.82) is 1.28 Å². The van der Waals surface area contributed by atoms with Crippen molar-refractivity contribution in [3.8, 4) is 0 Å². The van der Waals surface area contributed by atoms with E-state index >= 15 is 0 Å². The molecule has 10 N–H and O–H groups in total. The Balaban J connectivity index is 0.000000258. The number of hydrogen-bond donors (Lipinski definition) is 7. The second-order valence-corrected chi connectivity index (χ2v) is 39.7. The number of phosphoric ester groups is 1. The van der Waals surface area contributed by atoms with Gasteiger partial charge in [-0.15, -0.1) is 6.26 Å². The summed E-state index contributed by atoms with van der Waals surface area (Å²) in [5.74, 6) is 0. The molecule has 4 aromatic rings. The smallest absolute Gasteiger partial charge is 0.431 e. The first kappa shape index (κ1) is 68.4. The number of phosphoric acid groups is 1. The SMILES string of the molecule is II.NCCC[Si](NCCN)(c1ccccc1)c1ccccc1.NCCN[Si](CCCNP1(=O)OCC2(COP(=O)(O)OC2)CO1)(c1ccccc1)c1ccccc1.O=P1(Cl)OCC2(CO1)COP(=O)(Cl)OC2.[2H]P=[S-](C)=P. The van der Waals surface area contributed by atoms with Gasteiger partial charge in [0.2, 0.25) is 0 Å². The Bertz CT molecular complexity index is 2520. The molecule has 4 aliphatic rings. The predicted octanol–water partition coefficient (Wildman–Crippen LogP) is 8.09. The quantitative estimate of drug-likeness (QED) is 0.0163. The molecule has 0 saturated carbocycles. The van der Waals surface area contributed by atoms with Crippen LogP contribution in [0.5, 0.6) is 0 Å². The van der Waals surface area contributed by atoms with Crippen LogP contribution in [0.2, 0.25) is 12.1 Å². The topological polar surface area (TPSA) is 276 Å².